The molecule has 3 heterocycles. The highest BCUT2D eigenvalue weighted by Crippen LogP contribution is 2.46. The third-order valence-corrected chi connectivity index (χ3v) is 7.78. The van der Waals surface area contributed by atoms with Crippen molar-refractivity contribution in [2.24, 2.45) is 11.8 Å². The molecular formula is C25H28F5N7O4. The molecule has 2 aromatic rings. The van der Waals surface area contributed by atoms with Crippen molar-refractivity contribution in [3.63, 3.8) is 0 Å². The summed E-state index contributed by atoms with van der Waals surface area (Å²) in [5.41, 5.74) is 0.506. The fourth-order valence-corrected chi connectivity index (χ4v) is 5.44. The first-order chi connectivity index (χ1) is 19.3. The van der Waals surface area contributed by atoms with Gasteiger partial charge in [-0.25, -0.2) is 23.2 Å². The highest BCUT2D eigenvalue weighted by molar-refractivity contribution is 6.00. The zero-order valence-corrected chi connectivity index (χ0v) is 21.9. The Hall–Kier alpha value is -3.85. The maximum absolute atomic E-state index is 13.8. The summed E-state index contributed by atoms with van der Waals surface area (Å²) >= 11 is 0. The minimum Gasteiger partial charge on any atom is -0.338 e. The molecule has 16 heteroatoms. The Labute approximate surface area is 230 Å². The summed E-state index contributed by atoms with van der Waals surface area (Å²) < 4.78 is 72.1. The second-order valence-electron chi connectivity index (χ2n) is 10.8. The van der Waals surface area contributed by atoms with E-state index in [0.717, 1.165) is 4.90 Å². The molecule has 3 aliphatic rings. The first-order valence-electron chi connectivity index (χ1n) is 13.2. The number of aryl methyl sites for hydroxylation is 1. The van der Waals surface area contributed by atoms with Gasteiger partial charge in [0.25, 0.3) is 5.91 Å². The number of urea groups is 1. The van der Waals surface area contributed by atoms with Crippen LogP contribution in [0.2, 0.25) is 0 Å². The number of hydrogen-bond acceptors (Lipinski definition) is 7. The van der Waals surface area contributed by atoms with Gasteiger partial charge in [0.1, 0.15) is 23.6 Å². The molecular weight excluding hydrogens is 557 g/mol. The molecule has 41 heavy (non-hydrogen) atoms. The van der Waals surface area contributed by atoms with E-state index in [0.29, 0.717) is 18.4 Å². The zero-order valence-electron chi connectivity index (χ0n) is 21.9. The Morgan fingerprint density at radius 3 is 2.44 bits per heavy atom. The molecule has 1 aliphatic heterocycles. The number of halogens is 5. The summed E-state index contributed by atoms with van der Waals surface area (Å²) in [5, 5.41) is 14.2. The minimum atomic E-state index is -4.60. The van der Waals surface area contributed by atoms with Crippen molar-refractivity contribution in [1.29, 1.82) is 0 Å². The number of anilines is 1. The van der Waals surface area contributed by atoms with E-state index in [1.807, 2.05) is 5.32 Å². The van der Waals surface area contributed by atoms with Crippen LogP contribution < -0.4 is 16.0 Å². The number of aromatic nitrogens is 3. The van der Waals surface area contributed by atoms with E-state index >= 15 is 0 Å². The first-order valence-corrected chi connectivity index (χ1v) is 13.2. The van der Waals surface area contributed by atoms with Crippen molar-refractivity contribution in [2.45, 2.75) is 75.7 Å². The second-order valence-corrected chi connectivity index (χ2v) is 10.8. The van der Waals surface area contributed by atoms with Crippen LogP contribution in [0.5, 0.6) is 0 Å². The second kappa shape index (κ2) is 10.9. The lowest BCUT2D eigenvalue weighted by molar-refractivity contribution is -0.150. The predicted octanol–water partition coefficient (Wildman–Crippen LogP) is 3.74. The normalized spacial score (nSPS) is 22.6. The molecule has 0 bridgehead atoms. The van der Waals surface area contributed by atoms with Crippen molar-refractivity contribution in [2.75, 3.05) is 11.9 Å². The van der Waals surface area contributed by atoms with Crippen molar-refractivity contribution in [3.05, 3.63) is 35.3 Å². The molecule has 1 saturated heterocycles. The largest absolute Gasteiger partial charge is 0.410 e. The summed E-state index contributed by atoms with van der Waals surface area (Å²) in [6.45, 7) is 0.926. The Bertz CT molecular complexity index is 1310. The molecule has 222 valence electrons. The maximum Gasteiger partial charge on any atom is 0.410 e. The summed E-state index contributed by atoms with van der Waals surface area (Å²) in [6.07, 6.45) is -2.76. The van der Waals surface area contributed by atoms with E-state index in [2.05, 4.69) is 30.6 Å². The smallest absolute Gasteiger partial charge is 0.338 e. The van der Waals surface area contributed by atoms with Crippen LogP contribution in [0.4, 0.5) is 32.6 Å². The standard InChI is InChI=1S/C25H28F5N7O4/c1-12-18(36-41-35-12)21(38)34-19(13-4-7-24(26,27)8-5-13)22(39)33-17-10-15(6-9-31-17)20(14-2-3-14)37-11-16(25(28,29)30)32-23(37)40/h6,9-10,13-14,16,19-20H,2-5,7-8,11H2,1H3,(H,32,40)(H,34,38)(H,31,33,39)/t16-,19-,20?/m0/s1. The number of pyridine rings is 1. The SMILES string of the molecule is Cc1nonc1C(=O)N[C@H](C(=O)Nc1cc(C(C2CC2)N2C[C@@H](C(F)(F)F)NC2=O)ccn1)C1CCC(F)(F)CC1. The first kappa shape index (κ1) is 28.7. The quantitative estimate of drug-likeness (QED) is 0.401. The lowest BCUT2D eigenvalue weighted by atomic mass is 9.81. The monoisotopic (exact) mass is 585 g/mol. The Balaban J connectivity index is 1.35. The van der Waals surface area contributed by atoms with E-state index in [-0.39, 0.29) is 36.0 Å². The molecule has 3 fully saturated rings. The molecule has 1 unspecified atom stereocenters. The zero-order chi connectivity index (χ0) is 29.5. The van der Waals surface area contributed by atoms with Crippen LogP contribution in [0.3, 0.4) is 0 Å². The molecule has 2 aliphatic carbocycles. The number of hydrogen-bond donors (Lipinski definition) is 3. The van der Waals surface area contributed by atoms with Gasteiger partial charge in [-0.05, 0) is 67.3 Å². The van der Waals surface area contributed by atoms with Gasteiger partial charge >= 0.3 is 12.2 Å². The maximum atomic E-state index is 13.8. The molecule has 5 rings (SSSR count). The number of carbonyl (C=O) groups excluding carboxylic acids is 3. The van der Waals surface area contributed by atoms with E-state index in [4.69, 9.17) is 0 Å². The molecule has 2 aromatic heterocycles. The Morgan fingerprint density at radius 1 is 1.15 bits per heavy atom. The number of rotatable bonds is 8. The van der Waals surface area contributed by atoms with Crippen LogP contribution in [0.1, 0.15) is 66.3 Å². The Kier molecular flexibility index (Phi) is 7.59. The molecule has 3 atom stereocenters. The van der Waals surface area contributed by atoms with Crippen LogP contribution in [0, 0.1) is 18.8 Å². The predicted molar refractivity (Wildman–Crippen MR) is 131 cm³/mol. The fraction of sp³-hybridized carbons (Fsp3) is 0.600. The average Bonchev–Trinajstić information content (AvgIpc) is 3.51. The summed E-state index contributed by atoms with van der Waals surface area (Å²) in [7, 11) is 0. The summed E-state index contributed by atoms with van der Waals surface area (Å²) in [6, 6.07) is -1.69. The van der Waals surface area contributed by atoms with Crippen LogP contribution in [-0.4, -0.2) is 68.8 Å². The lowest BCUT2D eigenvalue weighted by Gasteiger charge is -2.33. The van der Waals surface area contributed by atoms with Gasteiger partial charge in [-0.1, -0.05) is 5.16 Å². The van der Waals surface area contributed by atoms with Gasteiger partial charge in [0.2, 0.25) is 11.8 Å². The van der Waals surface area contributed by atoms with E-state index < -0.39 is 73.4 Å². The summed E-state index contributed by atoms with van der Waals surface area (Å²) in [5.74, 6) is -5.00. The van der Waals surface area contributed by atoms with Crippen molar-refractivity contribution >= 4 is 23.7 Å². The molecule has 11 nitrogen and oxygen atoms in total. The van der Waals surface area contributed by atoms with Crippen LogP contribution in [0.15, 0.2) is 23.0 Å². The van der Waals surface area contributed by atoms with Gasteiger partial charge in [0.05, 0.1) is 12.6 Å². The number of nitrogens with zero attached hydrogens (tertiary/aromatic N) is 4. The van der Waals surface area contributed by atoms with Crippen molar-refractivity contribution in [3.8, 4) is 0 Å². The highest BCUT2D eigenvalue weighted by Gasteiger charge is 2.51. The molecule has 0 spiro atoms. The van der Waals surface area contributed by atoms with Crippen LogP contribution in [0.25, 0.3) is 0 Å². The van der Waals surface area contributed by atoms with Crippen molar-refractivity contribution < 1.29 is 41.0 Å². The molecule has 0 aromatic carbocycles. The molecule has 2 saturated carbocycles. The van der Waals surface area contributed by atoms with Gasteiger partial charge < -0.3 is 20.9 Å². The number of carbonyl (C=O) groups is 3. The molecule has 3 N–H and O–H groups in total. The third kappa shape index (κ3) is 6.40. The lowest BCUT2D eigenvalue weighted by Crippen LogP contribution is -2.50. The fourth-order valence-electron chi connectivity index (χ4n) is 5.44. The van der Waals surface area contributed by atoms with E-state index in [1.165, 1.54) is 19.2 Å². The van der Waals surface area contributed by atoms with Crippen LogP contribution in [-0.2, 0) is 4.79 Å². The summed E-state index contributed by atoms with van der Waals surface area (Å²) in [4.78, 5) is 44.0. The van der Waals surface area contributed by atoms with Crippen LogP contribution >= 0.6 is 0 Å². The number of alkyl halides is 5. The van der Waals surface area contributed by atoms with Gasteiger partial charge in [0.15, 0.2) is 5.69 Å². The minimum absolute atomic E-state index is 0.0247. The highest BCUT2D eigenvalue weighted by atomic mass is 19.4. The third-order valence-electron chi connectivity index (χ3n) is 7.78. The molecule has 4 amide bonds. The number of amides is 4. The topological polar surface area (TPSA) is 142 Å². The number of nitrogens with one attached hydrogen (secondary N) is 3. The van der Waals surface area contributed by atoms with Gasteiger partial charge in [-0.15, -0.1) is 0 Å². The van der Waals surface area contributed by atoms with Crippen molar-refractivity contribution in [1.82, 2.24) is 30.8 Å². The van der Waals surface area contributed by atoms with Gasteiger partial charge in [-0.2, -0.15) is 13.2 Å². The van der Waals surface area contributed by atoms with Gasteiger partial charge in [0, 0.05) is 19.0 Å². The van der Waals surface area contributed by atoms with E-state index in [1.54, 1.807) is 6.07 Å². The molecule has 0 radical (unpaired) electrons. The van der Waals surface area contributed by atoms with Gasteiger partial charge in [-0.3, -0.25) is 9.59 Å². The average molecular weight is 586 g/mol. The van der Waals surface area contributed by atoms with E-state index in [9.17, 15) is 36.3 Å². The Morgan fingerprint density at radius 2 is 1.85 bits per heavy atom.